The van der Waals surface area contributed by atoms with Gasteiger partial charge in [0.2, 0.25) is 5.90 Å². The smallest absolute Gasteiger partial charge is 0.252 e. The van der Waals surface area contributed by atoms with Gasteiger partial charge in [-0.3, -0.25) is 4.79 Å². The second-order valence-electron chi connectivity index (χ2n) is 10.1. The number of carbonyl (C=O) groups is 1. The van der Waals surface area contributed by atoms with Crippen LogP contribution >= 0.6 is 27.5 Å². The third-order valence-corrected chi connectivity index (χ3v) is 8.12. The van der Waals surface area contributed by atoms with Crippen molar-refractivity contribution in [2.45, 2.75) is 31.0 Å². The molecule has 0 aliphatic carbocycles. The molecule has 224 valence electrons. The predicted molar refractivity (Wildman–Crippen MR) is 173 cm³/mol. The summed E-state index contributed by atoms with van der Waals surface area (Å²) >= 11 is 9.86. The molecule has 9 nitrogen and oxygen atoms in total. The lowest BCUT2D eigenvalue weighted by molar-refractivity contribution is -0.129. The summed E-state index contributed by atoms with van der Waals surface area (Å²) in [7, 11) is 0. The van der Waals surface area contributed by atoms with Gasteiger partial charge in [0.25, 0.3) is 5.91 Å². The zero-order valence-corrected chi connectivity index (χ0v) is 25.9. The second-order valence-corrected chi connectivity index (χ2v) is 11.4. The van der Waals surface area contributed by atoms with Gasteiger partial charge in [0.1, 0.15) is 5.75 Å². The molecule has 2 N–H and O–H groups in total. The van der Waals surface area contributed by atoms with E-state index in [2.05, 4.69) is 31.3 Å². The molecule has 44 heavy (non-hydrogen) atoms. The van der Waals surface area contributed by atoms with Gasteiger partial charge in [-0.2, -0.15) is 0 Å². The highest BCUT2D eigenvalue weighted by Gasteiger charge is 2.54. The summed E-state index contributed by atoms with van der Waals surface area (Å²) in [6, 6.07) is 29.2. The maximum absolute atomic E-state index is 14.5. The Labute approximate surface area is 268 Å². The summed E-state index contributed by atoms with van der Waals surface area (Å²) < 4.78 is 13.0. The summed E-state index contributed by atoms with van der Waals surface area (Å²) in [6.45, 7) is 0.647. The number of aliphatic hydroxyl groups is 1. The first-order chi connectivity index (χ1) is 21.4. The summed E-state index contributed by atoms with van der Waals surface area (Å²) in [6.07, 6.45) is -0.233. The van der Waals surface area contributed by atoms with Gasteiger partial charge in [-0.05, 0) is 59.1 Å². The minimum Gasteiger partial charge on any atom is -0.494 e. The van der Waals surface area contributed by atoms with Crippen molar-refractivity contribution < 1.29 is 19.4 Å². The molecule has 1 heterocycles. The van der Waals surface area contributed by atoms with E-state index < -0.39 is 11.6 Å². The zero-order valence-electron chi connectivity index (χ0n) is 23.6. The van der Waals surface area contributed by atoms with E-state index in [1.807, 2.05) is 60.7 Å². The molecule has 1 aliphatic rings. The van der Waals surface area contributed by atoms with E-state index in [1.165, 1.54) is 0 Å². The average Bonchev–Trinajstić information content (AvgIpc) is 3.42. The van der Waals surface area contributed by atoms with Crippen molar-refractivity contribution in [3.63, 3.8) is 0 Å². The SMILES string of the molecule is [N-]=[N+]=Nc1ccccc1C[C@@]1(C(=O)NCc2cccc(Cl)c2)N=C(c2ccc(OCCCO)cc2)O[C@@H]1c1ccccc1Br. The standard InChI is InChI=1S/C33H29BrClN5O4/c34-28-11-3-2-10-27(28)30-33(20-24-8-1-4-12-29(24)39-40-36,32(42)37-21-22-7-5-9-25(35)19-22)38-31(44-30)23-13-15-26(16-14-23)43-18-6-17-41/h1-5,7-16,19,30,41H,6,17-18,20-21H2,(H,37,42)/t30-,33-/m1/s1. The largest absolute Gasteiger partial charge is 0.494 e. The number of benzene rings is 4. The fourth-order valence-electron chi connectivity index (χ4n) is 5.03. The van der Waals surface area contributed by atoms with Crippen LogP contribution in [0.2, 0.25) is 5.02 Å². The van der Waals surface area contributed by atoms with Crippen LogP contribution in [0.25, 0.3) is 10.4 Å². The molecule has 0 aromatic heterocycles. The minimum atomic E-state index is -1.49. The zero-order chi connectivity index (χ0) is 30.9. The summed E-state index contributed by atoms with van der Waals surface area (Å²) in [5.41, 5.74) is 11.0. The molecule has 1 aliphatic heterocycles. The van der Waals surface area contributed by atoms with E-state index in [9.17, 15) is 10.3 Å². The first-order valence-electron chi connectivity index (χ1n) is 13.9. The first kappa shape index (κ1) is 31.1. The molecule has 0 spiro atoms. The van der Waals surface area contributed by atoms with Crippen molar-refractivity contribution >= 4 is 45.0 Å². The van der Waals surface area contributed by atoms with Crippen LogP contribution in [0.15, 0.2) is 112 Å². The fourth-order valence-corrected chi connectivity index (χ4v) is 5.73. The maximum Gasteiger partial charge on any atom is 0.252 e. The number of aliphatic hydroxyl groups excluding tert-OH is 1. The minimum absolute atomic E-state index is 0.0451. The van der Waals surface area contributed by atoms with Crippen molar-refractivity contribution in [3.05, 3.63) is 139 Å². The molecule has 11 heteroatoms. The van der Waals surface area contributed by atoms with Gasteiger partial charge in [0.05, 0.1) is 6.61 Å². The Bertz CT molecular complexity index is 1710. The highest BCUT2D eigenvalue weighted by Crippen LogP contribution is 2.45. The van der Waals surface area contributed by atoms with Crippen LogP contribution in [-0.2, 0) is 22.5 Å². The van der Waals surface area contributed by atoms with Crippen molar-refractivity contribution in [1.82, 2.24) is 5.32 Å². The Morgan fingerprint density at radius 2 is 1.86 bits per heavy atom. The number of ether oxygens (including phenoxy) is 2. The Morgan fingerprint density at radius 1 is 1.09 bits per heavy atom. The molecule has 0 bridgehead atoms. The number of rotatable bonds is 12. The van der Waals surface area contributed by atoms with Gasteiger partial charge in [0.15, 0.2) is 11.6 Å². The van der Waals surface area contributed by atoms with Gasteiger partial charge in [-0.25, -0.2) is 4.99 Å². The number of amides is 1. The number of nitrogens with zero attached hydrogens (tertiary/aromatic N) is 4. The van der Waals surface area contributed by atoms with Crippen LogP contribution in [0.5, 0.6) is 5.75 Å². The summed E-state index contributed by atoms with van der Waals surface area (Å²) in [4.78, 5) is 22.5. The van der Waals surface area contributed by atoms with E-state index in [0.717, 1.165) is 15.6 Å². The molecular weight excluding hydrogens is 646 g/mol. The number of halogens is 2. The van der Waals surface area contributed by atoms with Crippen LogP contribution in [0, 0.1) is 0 Å². The number of carbonyl (C=O) groups excluding carboxylic acids is 1. The lowest BCUT2D eigenvalue weighted by Gasteiger charge is -2.31. The number of nitrogens with one attached hydrogen (secondary N) is 1. The number of hydrogen-bond donors (Lipinski definition) is 2. The quantitative estimate of drug-likeness (QED) is 0.0693. The van der Waals surface area contributed by atoms with Crippen LogP contribution in [-0.4, -0.2) is 35.7 Å². The highest BCUT2D eigenvalue weighted by atomic mass is 79.9. The highest BCUT2D eigenvalue weighted by molar-refractivity contribution is 9.10. The predicted octanol–water partition coefficient (Wildman–Crippen LogP) is 7.62. The van der Waals surface area contributed by atoms with E-state index in [1.54, 1.807) is 36.4 Å². The Hall–Kier alpha value is -4.34. The van der Waals surface area contributed by atoms with Gasteiger partial charge in [-0.1, -0.05) is 87.2 Å². The van der Waals surface area contributed by atoms with Gasteiger partial charge < -0.3 is 19.9 Å². The summed E-state index contributed by atoms with van der Waals surface area (Å²) in [5, 5.41) is 16.6. The molecule has 1 amide bonds. The van der Waals surface area contributed by atoms with E-state index in [-0.39, 0.29) is 31.4 Å². The van der Waals surface area contributed by atoms with Crippen molar-refractivity contribution in [2.75, 3.05) is 13.2 Å². The molecule has 0 radical (unpaired) electrons. The molecule has 4 aromatic carbocycles. The van der Waals surface area contributed by atoms with Gasteiger partial charge >= 0.3 is 0 Å². The third kappa shape index (κ3) is 7.06. The fraction of sp³-hybridized carbons (Fsp3) is 0.212. The van der Waals surface area contributed by atoms with E-state index in [0.29, 0.717) is 40.6 Å². The second kappa shape index (κ2) is 14.4. The van der Waals surface area contributed by atoms with E-state index in [4.69, 9.17) is 31.2 Å². The van der Waals surface area contributed by atoms with Crippen LogP contribution < -0.4 is 10.1 Å². The van der Waals surface area contributed by atoms with Crippen molar-refractivity contribution in [2.24, 2.45) is 10.1 Å². The van der Waals surface area contributed by atoms with Gasteiger partial charge in [0, 0.05) is 57.2 Å². The Kier molecular flexibility index (Phi) is 10.2. The van der Waals surface area contributed by atoms with Gasteiger partial charge in [-0.15, -0.1) is 0 Å². The topological polar surface area (TPSA) is 129 Å². The lowest BCUT2D eigenvalue weighted by atomic mass is 9.81. The van der Waals surface area contributed by atoms with Crippen molar-refractivity contribution in [1.29, 1.82) is 0 Å². The molecule has 0 saturated heterocycles. The number of aliphatic imine (C=N–C) groups is 1. The lowest BCUT2D eigenvalue weighted by Crippen LogP contribution is -2.49. The monoisotopic (exact) mass is 673 g/mol. The maximum atomic E-state index is 14.5. The summed E-state index contributed by atoms with van der Waals surface area (Å²) in [5.74, 6) is 0.553. The molecule has 5 rings (SSSR count). The molecule has 0 saturated carbocycles. The normalized spacial score (nSPS) is 17.2. The van der Waals surface area contributed by atoms with Crippen molar-refractivity contribution in [3.8, 4) is 5.75 Å². The number of hydrogen-bond acceptors (Lipinski definition) is 6. The first-order valence-corrected chi connectivity index (χ1v) is 15.1. The Morgan fingerprint density at radius 3 is 2.61 bits per heavy atom. The van der Waals surface area contributed by atoms with Crippen LogP contribution in [0.1, 0.15) is 34.8 Å². The van der Waals surface area contributed by atoms with Crippen LogP contribution in [0.3, 0.4) is 0 Å². The third-order valence-electron chi connectivity index (χ3n) is 7.16. The molecule has 4 aromatic rings. The molecule has 2 atom stereocenters. The molecular formula is C33H29BrClN5O4. The molecule has 0 unspecified atom stereocenters. The number of azide groups is 1. The van der Waals surface area contributed by atoms with Crippen LogP contribution in [0.4, 0.5) is 5.69 Å². The molecule has 0 fully saturated rings. The van der Waals surface area contributed by atoms with E-state index >= 15 is 0 Å². The average molecular weight is 675 g/mol. The Balaban J connectivity index is 1.61.